The molecule has 1 N–H and O–H groups in total. The number of hydrogen-bond acceptors (Lipinski definition) is 4. The summed E-state index contributed by atoms with van der Waals surface area (Å²) in [6.07, 6.45) is 1.21. The number of piperidine rings is 1. The molecule has 2 aliphatic rings. The van der Waals surface area contributed by atoms with Gasteiger partial charge in [-0.15, -0.1) is 0 Å². The zero-order chi connectivity index (χ0) is 13.4. The summed E-state index contributed by atoms with van der Waals surface area (Å²) in [7, 11) is 5.65. The molecule has 1 aromatic carbocycles. The van der Waals surface area contributed by atoms with Crippen LogP contribution in [0.1, 0.15) is 17.9 Å². The Bertz CT molecular complexity index is 458. The van der Waals surface area contributed by atoms with Gasteiger partial charge in [0.25, 0.3) is 0 Å². The van der Waals surface area contributed by atoms with Crippen molar-refractivity contribution in [2.24, 2.45) is 5.92 Å². The SMILES string of the molecule is COc1cc2c(c(OC)c1)C1CCN(C)CC1CN2. The van der Waals surface area contributed by atoms with Crippen molar-refractivity contribution in [3.8, 4) is 11.5 Å². The van der Waals surface area contributed by atoms with E-state index in [1.165, 1.54) is 17.7 Å². The first-order valence-corrected chi connectivity index (χ1v) is 6.91. The van der Waals surface area contributed by atoms with E-state index in [4.69, 9.17) is 9.47 Å². The standard InChI is InChI=1S/C15H22N2O2/c1-17-5-4-12-10(9-17)8-16-13-6-11(18-2)7-14(19-3)15(12)13/h6-7,10,12,16H,4-5,8-9H2,1-3H3. The summed E-state index contributed by atoms with van der Waals surface area (Å²) in [5, 5.41) is 3.55. The van der Waals surface area contributed by atoms with Gasteiger partial charge in [-0.2, -0.15) is 0 Å². The Balaban J connectivity index is 2.02. The molecule has 0 bridgehead atoms. The van der Waals surface area contributed by atoms with Crippen LogP contribution in [0.15, 0.2) is 12.1 Å². The first-order valence-electron chi connectivity index (χ1n) is 6.91. The van der Waals surface area contributed by atoms with Crippen LogP contribution in [-0.4, -0.2) is 45.8 Å². The summed E-state index contributed by atoms with van der Waals surface area (Å²) in [6, 6.07) is 4.09. The molecular weight excluding hydrogens is 240 g/mol. The normalized spacial score (nSPS) is 26.1. The predicted molar refractivity (Wildman–Crippen MR) is 76.4 cm³/mol. The fourth-order valence-corrected chi connectivity index (χ4v) is 3.46. The summed E-state index contributed by atoms with van der Waals surface area (Å²) in [6.45, 7) is 3.36. The molecule has 2 atom stereocenters. The summed E-state index contributed by atoms with van der Waals surface area (Å²) in [5.41, 5.74) is 2.52. The molecule has 104 valence electrons. The summed E-state index contributed by atoms with van der Waals surface area (Å²) >= 11 is 0. The van der Waals surface area contributed by atoms with E-state index in [0.717, 1.165) is 31.1 Å². The van der Waals surface area contributed by atoms with Crippen molar-refractivity contribution in [3.63, 3.8) is 0 Å². The maximum atomic E-state index is 5.60. The third-order valence-electron chi connectivity index (χ3n) is 4.43. The van der Waals surface area contributed by atoms with Crippen LogP contribution in [0, 0.1) is 5.92 Å². The van der Waals surface area contributed by atoms with Crippen LogP contribution in [0.2, 0.25) is 0 Å². The van der Waals surface area contributed by atoms with Crippen LogP contribution in [0.5, 0.6) is 11.5 Å². The van der Waals surface area contributed by atoms with E-state index in [1.807, 2.05) is 6.07 Å². The number of nitrogens with zero attached hydrogens (tertiary/aromatic N) is 1. The molecule has 0 aliphatic carbocycles. The van der Waals surface area contributed by atoms with E-state index in [-0.39, 0.29) is 0 Å². The van der Waals surface area contributed by atoms with E-state index in [0.29, 0.717) is 11.8 Å². The monoisotopic (exact) mass is 262 g/mol. The quantitative estimate of drug-likeness (QED) is 0.885. The van der Waals surface area contributed by atoms with Crippen LogP contribution in [0.25, 0.3) is 0 Å². The number of fused-ring (bicyclic) bond motifs is 3. The Morgan fingerprint density at radius 3 is 2.84 bits per heavy atom. The minimum Gasteiger partial charge on any atom is -0.497 e. The average molecular weight is 262 g/mol. The van der Waals surface area contributed by atoms with Crippen LogP contribution in [0.3, 0.4) is 0 Å². The van der Waals surface area contributed by atoms with Crippen molar-refractivity contribution in [2.75, 3.05) is 46.2 Å². The van der Waals surface area contributed by atoms with Crippen LogP contribution in [-0.2, 0) is 0 Å². The number of methoxy groups -OCH3 is 2. The van der Waals surface area contributed by atoms with Crippen molar-refractivity contribution in [1.82, 2.24) is 4.90 Å². The number of benzene rings is 1. The summed E-state index contributed by atoms with van der Waals surface area (Å²) < 4.78 is 10.9. The molecule has 3 rings (SSSR count). The number of anilines is 1. The van der Waals surface area contributed by atoms with Gasteiger partial charge in [-0.1, -0.05) is 0 Å². The average Bonchev–Trinajstić information content (AvgIpc) is 2.45. The second-order valence-corrected chi connectivity index (χ2v) is 5.59. The highest BCUT2D eigenvalue weighted by Gasteiger charge is 2.35. The Kier molecular flexibility index (Phi) is 3.27. The number of hydrogen-bond donors (Lipinski definition) is 1. The van der Waals surface area contributed by atoms with E-state index >= 15 is 0 Å². The minimum atomic E-state index is 0.605. The fourth-order valence-electron chi connectivity index (χ4n) is 3.46. The number of ether oxygens (including phenoxy) is 2. The highest BCUT2D eigenvalue weighted by atomic mass is 16.5. The van der Waals surface area contributed by atoms with Gasteiger partial charge in [0.2, 0.25) is 0 Å². The lowest BCUT2D eigenvalue weighted by molar-refractivity contribution is 0.185. The third kappa shape index (κ3) is 2.14. The zero-order valence-corrected chi connectivity index (χ0v) is 11.9. The number of rotatable bonds is 2. The van der Waals surface area contributed by atoms with Gasteiger partial charge in [0.1, 0.15) is 11.5 Å². The summed E-state index contributed by atoms with van der Waals surface area (Å²) in [5.74, 6) is 3.09. The largest absolute Gasteiger partial charge is 0.497 e. The van der Waals surface area contributed by atoms with Gasteiger partial charge in [0.05, 0.1) is 14.2 Å². The van der Waals surface area contributed by atoms with Gasteiger partial charge >= 0.3 is 0 Å². The topological polar surface area (TPSA) is 33.7 Å². The van der Waals surface area contributed by atoms with Crippen LogP contribution in [0.4, 0.5) is 5.69 Å². The Morgan fingerprint density at radius 2 is 2.11 bits per heavy atom. The number of nitrogens with one attached hydrogen (secondary N) is 1. The molecule has 0 amide bonds. The van der Waals surface area contributed by atoms with Gasteiger partial charge < -0.3 is 19.7 Å². The zero-order valence-electron chi connectivity index (χ0n) is 11.9. The fraction of sp³-hybridized carbons (Fsp3) is 0.600. The second-order valence-electron chi connectivity index (χ2n) is 5.59. The smallest absolute Gasteiger partial charge is 0.128 e. The van der Waals surface area contributed by atoms with Crippen molar-refractivity contribution < 1.29 is 9.47 Å². The minimum absolute atomic E-state index is 0.605. The third-order valence-corrected chi connectivity index (χ3v) is 4.43. The van der Waals surface area contributed by atoms with Crippen molar-refractivity contribution in [2.45, 2.75) is 12.3 Å². The molecule has 1 saturated heterocycles. The maximum Gasteiger partial charge on any atom is 0.128 e. The molecule has 1 aromatic rings. The number of likely N-dealkylation sites (tertiary alicyclic amines) is 1. The molecule has 1 fully saturated rings. The van der Waals surface area contributed by atoms with Gasteiger partial charge in [-0.25, -0.2) is 0 Å². The van der Waals surface area contributed by atoms with Gasteiger partial charge in [-0.05, 0) is 31.8 Å². The molecule has 0 aromatic heterocycles. The van der Waals surface area contributed by atoms with E-state index in [2.05, 4.69) is 23.3 Å². The van der Waals surface area contributed by atoms with Crippen LogP contribution >= 0.6 is 0 Å². The molecular formula is C15H22N2O2. The highest BCUT2D eigenvalue weighted by molar-refractivity contribution is 5.65. The van der Waals surface area contributed by atoms with Crippen molar-refractivity contribution in [3.05, 3.63) is 17.7 Å². The van der Waals surface area contributed by atoms with Gasteiger partial charge in [0.15, 0.2) is 0 Å². The molecule has 4 heteroatoms. The molecule has 4 nitrogen and oxygen atoms in total. The first-order chi connectivity index (χ1) is 9.22. The van der Waals surface area contributed by atoms with Crippen LogP contribution < -0.4 is 14.8 Å². The Morgan fingerprint density at radius 1 is 1.26 bits per heavy atom. The lowest BCUT2D eigenvalue weighted by atomic mass is 9.77. The molecule has 0 radical (unpaired) electrons. The van der Waals surface area contributed by atoms with E-state index in [1.54, 1.807) is 14.2 Å². The molecule has 2 aliphatic heterocycles. The lowest BCUT2D eigenvalue weighted by Gasteiger charge is -2.42. The molecule has 19 heavy (non-hydrogen) atoms. The predicted octanol–water partition coefficient (Wildman–Crippen LogP) is 2.16. The second kappa shape index (κ2) is 4.93. The maximum absolute atomic E-state index is 5.60. The van der Waals surface area contributed by atoms with E-state index in [9.17, 15) is 0 Å². The molecule has 0 spiro atoms. The van der Waals surface area contributed by atoms with Crippen molar-refractivity contribution in [1.29, 1.82) is 0 Å². The molecule has 2 unspecified atom stereocenters. The molecule has 0 saturated carbocycles. The first kappa shape index (κ1) is 12.6. The Hall–Kier alpha value is -1.42. The van der Waals surface area contributed by atoms with Crippen molar-refractivity contribution >= 4 is 5.69 Å². The summed E-state index contributed by atoms with van der Waals surface area (Å²) in [4.78, 5) is 2.42. The van der Waals surface area contributed by atoms with E-state index < -0.39 is 0 Å². The lowest BCUT2D eigenvalue weighted by Crippen LogP contribution is -2.42. The van der Waals surface area contributed by atoms with Gasteiger partial charge in [0, 0.05) is 36.5 Å². The highest BCUT2D eigenvalue weighted by Crippen LogP contribution is 2.46. The van der Waals surface area contributed by atoms with Gasteiger partial charge in [-0.3, -0.25) is 0 Å². The Labute approximate surface area is 114 Å². The molecule has 2 heterocycles.